The summed E-state index contributed by atoms with van der Waals surface area (Å²) < 4.78 is 15.9. The number of carbonyl (C=O) groups excluding carboxylic acids is 2. The van der Waals surface area contributed by atoms with Crippen molar-refractivity contribution >= 4 is 29.7 Å². The van der Waals surface area contributed by atoms with Crippen LogP contribution in [0.2, 0.25) is 5.02 Å². The van der Waals surface area contributed by atoms with Crippen molar-refractivity contribution in [1.29, 1.82) is 0 Å². The monoisotopic (exact) mass is 438 g/mol. The number of ether oxygens (including phenoxy) is 3. The third-order valence-corrected chi connectivity index (χ3v) is 4.34. The highest BCUT2D eigenvalue weighted by Crippen LogP contribution is 2.25. The molecule has 0 spiro atoms. The summed E-state index contributed by atoms with van der Waals surface area (Å²) in [4.78, 5) is 24.1. The van der Waals surface area contributed by atoms with Gasteiger partial charge in [0.15, 0.2) is 18.1 Å². The van der Waals surface area contributed by atoms with Crippen LogP contribution >= 0.6 is 11.6 Å². The maximum Gasteiger partial charge on any atom is 0.345 e. The second-order valence-corrected chi connectivity index (χ2v) is 6.58. The first-order chi connectivity index (χ1) is 15.1. The fraction of sp³-hybridized carbons (Fsp3) is 0.0870. The molecule has 3 aromatic carbocycles. The van der Waals surface area contributed by atoms with Crippen LogP contribution in [0.4, 0.5) is 0 Å². The summed E-state index contributed by atoms with van der Waals surface area (Å²) in [7, 11) is 1.52. The van der Waals surface area contributed by atoms with Gasteiger partial charge in [-0.2, -0.15) is 5.10 Å². The van der Waals surface area contributed by atoms with Gasteiger partial charge < -0.3 is 14.2 Å². The number of carbonyl (C=O) groups is 2. The standard InChI is InChI=1S/C23H19ClN2O5/c1-29-20-8-4-5-9-21(20)30-15-22(27)26-25-14-16-10-12-17(13-11-16)31-23(28)18-6-2-3-7-19(18)24/h2-14H,15H2,1H3,(H,26,27)/b25-14+. The Hall–Kier alpha value is -3.84. The van der Waals surface area contributed by atoms with Crippen LogP contribution < -0.4 is 19.6 Å². The number of hydrazone groups is 1. The minimum absolute atomic E-state index is 0.214. The molecule has 0 bridgehead atoms. The second-order valence-electron chi connectivity index (χ2n) is 6.17. The van der Waals surface area contributed by atoms with Crippen molar-refractivity contribution < 1.29 is 23.8 Å². The molecule has 0 aliphatic rings. The van der Waals surface area contributed by atoms with Crippen LogP contribution in [-0.2, 0) is 4.79 Å². The number of rotatable bonds is 8. The maximum absolute atomic E-state index is 12.2. The average molecular weight is 439 g/mol. The van der Waals surface area contributed by atoms with E-state index in [1.807, 2.05) is 0 Å². The molecule has 0 saturated heterocycles. The smallest absolute Gasteiger partial charge is 0.345 e. The highest BCUT2D eigenvalue weighted by Gasteiger charge is 2.12. The van der Waals surface area contributed by atoms with E-state index < -0.39 is 11.9 Å². The van der Waals surface area contributed by atoms with E-state index in [1.165, 1.54) is 13.3 Å². The lowest BCUT2D eigenvalue weighted by Crippen LogP contribution is -2.24. The predicted octanol–water partition coefficient (Wildman–Crippen LogP) is 4.10. The van der Waals surface area contributed by atoms with Gasteiger partial charge >= 0.3 is 5.97 Å². The van der Waals surface area contributed by atoms with E-state index >= 15 is 0 Å². The lowest BCUT2D eigenvalue weighted by atomic mass is 10.2. The fourth-order valence-corrected chi connectivity index (χ4v) is 2.72. The summed E-state index contributed by atoms with van der Waals surface area (Å²) in [5, 5.41) is 4.21. The van der Waals surface area contributed by atoms with Crippen molar-refractivity contribution in [2.45, 2.75) is 0 Å². The molecule has 0 heterocycles. The SMILES string of the molecule is COc1ccccc1OCC(=O)N/N=C/c1ccc(OC(=O)c2ccccc2Cl)cc1. The summed E-state index contributed by atoms with van der Waals surface area (Å²) in [6.45, 7) is -0.214. The molecule has 1 N–H and O–H groups in total. The minimum atomic E-state index is -0.547. The zero-order chi connectivity index (χ0) is 22.1. The molecule has 31 heavy (non-hydrogen) atoms. The van der Waals surface area contributed by atoms with E-state index in [4.69, 9.17) is 25.8 Å². The molecular weight excluding hydrogens is 420 g/mol. The van der Waals surface area contributed by atoms with Gasteiger partial charge in [0.2, 0.25) is 0 Å². The molecular formula is C23H19ClN2O5. The van der Waals surface area contributed by atoms with E-state index in [2.05, 4.69) is 10.5 Å². The molecule has 7 nitrogen and oxygen atoms in total. The zero-order valence-electron chi connectivity index (χ0n) is 16.6. The molecule has 0 saturated carbocycles. The summed E-state index contributed by atoms with van der Waals surface area (Å²) >= 11 is 6.00. The molecule has 0 aliphatic carbocycles. The van der Waals surface area contributed by atoms with Crippen molar-refractivity contribution in [2.75, 3.05) is 13.7 Å². The van der Waals surface area contributed by atoms with E-state index in [9.17, 15) is 9.59 Å². The lowest BCUT2D eigenvalue weighted by Gasteiger charge is -2.09. The molecule has 0 atom stereocenters. The van der Waals surface area contributed by atoms with Crippen LogP contribution in [0.3, 0.4) is 0 Å². The van der Waals surface area contributed by atoms with E-state index in [1.54, 1.807) is 72.8 Å². The molecule has 3 aromatic rings. The first-order valence-electron chi connectivity index (χ1n) is 9.21. The fourth-order valence-electron chi connectivity index (χ4n) is 2.50. The highest BCUT2D eigenvalue weighted by atomic mass is 35.5. The highest BCUT2D eigenvalue weighted by molar-refractivity contribution is 6.33. The maximum atomic E-state index is 12.2. The molecule has 0 aliphatic heterocycles. The van der Waals surface area contributed by atoms with Crippen LogP contribution in [-0.4, -0.2) is 31.8 Å². The summed E-state index contributed by atoms with van der Waals surface area (Å²) in [5.74, 6) is 0.387. The first kappa shape index (κ1) is 21.9. The lowest BCUT2D eigenvalue weighted by molar-refractivity contribution is -0.123. The minimum Gasteiger partial charge on any atom is -0.493 e. The number of methoxy groups -OCH3 is 1. The van der Waals surface area contributed by atoms with Gasteiger partial charge in [-0.15, -0.1) is 0 Å². The van der Waals surface area contributed by atoms with Crippen LogP contribution in [0, 0.1) is 0 Å². The number of hydrogen-bond acceptors (Lipinski definition) is 6. The van der Waals surface area contributed by atoms with Crippen LogP contribution in [0.5, 0.6) is 17.2 Å². The number of hydrogen-bond donors (Lipinski definition) is 1. The predicted molar refractivity (Wildman–Crippen MR) is 117 cm³/mol. The molecule has 8 heteroatoms. The summed E-state index contributed by atoms with van der Waals surface area (Å²) in [5.41, 5.74) is 3.36. The number of para-hydroxylation sites is 2. The van der Waals surface area contributed by atoms with Crippen molar-refractivity contribution in [3.63, 3.8) is 0 Å². The largest absolute Gasteiger partial charge is 0.493 e. The molecule has 158 valence electrons. The van der Waals surface area contributed by atoms with Crippen molar-refractivity contribution in [2.24, 2.45) is 5.10 Å². The normalized spacial score (nSPS) is 10.5. The Balaban J connectivity index is 1.48. The number of benzene rings is 3. The molecule has 0 unspecified atom stereocenters. The molecule has 0 radical (unpaired) electrons. The van der Waals surface area contributed by atoms with E-state index in [-0.39, 0.29) is 12.2 Å². The summed E-state index contributed by atoms with van der Waals surface area (Å²) in [6.07, 6.45) is 1.46. The van der Waals surface area contributed by atoms with Gasteiger partial charge in [-0.25, -0.2) is 10.2 Å². The van der Waals surface area contributed by atoms with E-state index in [0.717, 1.165) is 0 Å². The third kappa shape index (κ3) is 6.32. The Kier molecular flexibility index (Phi) is 7.61. The Morgan fingerprint density at radius 1 is 0.968 bits per heavy atom. The number of nitrogens with zero attached hydrogens (tertiary/aromatic N) is 1. The molecule has 1 amide bonds. The molecule has 0 aromatic heterocycles. The quantitative estimate of drug-likeness (QED) is 0.248. The van der Waals surface area contributed by atoms with Crippen molar-refractivity contribution in [3.05, 3.63) is 88.9 Å². The van der Waals surface area contributed by atoms with Crippen molar-refractivity contribution in [3.8, 4) is 17.2 Å². The van der Waals surface area contributed by atoms with E-state index in [0.29, 0.717) is 27.8 Å². The van der Waals surface area contributed by atoms with Gasteiger partial charge in [-0.3, -0.25) is 4.79 Å². The van der Waals surface area contributed by atoms with Crippen molar-refractivity contribution in [1.82, 2.24) is 5.43 Å². The Bertz CT molecular complexity index is 1080. The van der Waals surface area contributed by atoms with Crippen LogP contribution in [0.25, 0.3) is 0 Å². The Morgan fingerprint density at radius 3 is 2.35 bits per heavy atom. The molecule has 3 rings (SSSR count). The topological polar surface area (TPSA) is 86.2 Å². The first-order valence-corrected chi connectivity index (χ1v) is 9.59. The Labute approximate surface area is 184 Å². The van der Waals surface area contributed by atoms with Crippen LogP contribution in [0.1, 0.15) is 15.9 Å². The second kappa shape index (κ2) is 10.8. The van der Waals surface area contributed by atoms with Gasteiger partial charge in [0.05, 0.1) is 23.9 Å². The Morgan fingerprint density at radius 2 is 1.65 bits per heavy atom. The summed E-state index contributed by atoms with van der Waals surface area (Å²) in [6, 6.07) is 20.3. The third-order valence-electron chi connectivity index (χ3n) is 4.02. The van der Waals surface area contributed by atoms with Gasteiger partial charge in [0.25, 0.3) is 5.91 Å². The van der Waals surface area contributed by atoms with Gasteiger partial charge in [0.1, 0.15) is 5.75 Å². The number of amides is 1. The van der Waals surface area contributed by atoms with Gasteiger partial charge in [-0.05, 0) is 54.1 Å². The zero-order valence-corrected chi connectivity index (χ0v) is 17.3. The number of esters is 1. The van der Waals surface area contributed by atoms with Crippen LogP contribution in [0.15, 0.2) is 77.9 Å². The molecule has 0 fully saturated rings. The number of halogens is 1. The van der Waals surface area contributed by atoms with Gasteiger partial charge in [-0.1, -0.05) is 35.9 Å². The average Bonchev–Trinajstić information content (AvgIpc) is 2.79. The van der Waals surface area contributed by atoms with Gasteiger partial charge in [0, 0.05) is 0 Å². The number of nitrogens with one attached hydrogen (secondary N) is 1.